The Morgan fingerprint density at radius 3 is 2.10 bits per heavy atom. The minimum absolute atomic E-state index is 0.310. The van der Waals surface area contributed by atoms with Gasteiger partial charge in [0, 0.05) is 58.4 Å². The Bertz CT molecular complexity index is 812. The third-order valence-electron chi connectivity index (χ3n) is 7.27. The molecule has 9 heteroatoms. The number of carbonyl (C=O) groups is 1. The normalized spacial score (nSPS) is 24.0. The Hall–Kier alpha value is -1.45. The fourth-order valence-corrected chi connectivity index (χ4v) is 5.50. The van der Waals surface area contributed by atoms with Crippen LogP contribution in [0.2, 0.25) is 0 Å². The van der Waals surface area contributed by atoms with Crippen LogP contribution < -0.4 is 4.90 Å². The quantitative estimate of drug-likeness (QED) is 0.624. The molecule has 8 nitrogen and oxygen atoms in total. The molecule has 0 bridgehead atoms. The number of piperidine rings is 2. The Balaban J connectivity index is 1.17. The molecular formula is C22H37N7OS. The predicted octanol–water partition coefficient (Wildman–Crippen LogP) is 2.33. The number of rotatable bonds is 6. The minimum atomic E-state index is 0.310. The van der Waals surface area contributed by atoms with Gasteiger partial charge in [0.2, 0.25) is 16.6 Å². The van der Waals surface area contributed by atoms with Crippen LogP contribution in [0.5, 0.6) is 0 Å². The van der Waals surface area contributed by atoms with Gasteiger partial charge in [0.15, 0.2) is 0 Å². The molecule has 1 aliphatic carbocycles. The Labute approximate surface area is 190 Å². The van der Waals surface area contributed by atoms with Gasteiger partial charge in [-0.2, -0.15) is 0 Å². The van der Waals surface area contributed by atoms with Crippen molar-refractivity contribution in [3.63, 3.8) is 0 Å². The van der Waals surface area contributed by atoms with Gasteiger partial charge in [-0.25, -0.2) is 4.68 Å². The maximum atomic E-state index is 12.6. The molecule has 3 aliphatic heterocycles. The van der Waals surface area contributed by atoms with Crippen molar-refractivity contribution in [3.8, 4) is 0 Å². The van der Waals surface area contributed by atoms with Crippen molar-refractivity contribution in [2.24, 2.45) is 0 Å². The fourth-order valence-electron chi connectivity index (χ4n) is 5.18. The van der Waals surface area contributed by atoms with Crippen LogP contribution >= 0.6 is 12.2 Å². The van der Waals surface area contributed by atoms with Crippen molar-refractivity contribution in [1.82, 2.24) is 29.0 Å². The molecule has 4 fully saturated rings. The molecule has 0 aromatic carbocycles. The smallest absolute Gasteiger partial charge is 0.236 e. The predicted molar refractivity (Wildman–Crippen MR) is 124 cm³/mol. The monoisotopic (exact) mass is 447 g/mol. The second-order valence-corrected chi connectivity index (χ2v) is 10.1. The summed E-state index contributed by atoms with van der Waals surface area (Å²) in [5, 5.41) is 5.00. The first-order valence-corrected chi connectivity index (χ1v) is 12.8. The van der Waals surface area contributed by atoms with E-state index >= 15 is 0 Å². The average Bonchev–Trinajstić information content (AvgIpc) is 3.60. The van der Waals surface area contributed by atoms with Crippen LogP contribution in [-0.4, -0.2) is 93.9 Å². The largest absolute Gasteiger partial charge is 0.342 e. The highest BCUT2D eigenvalue weighted by atomic mass is 32.1. The van der Waals surface area contributed by atoms with Gasteiger partial charge in [-0.15, -0.1) is 5.10 Å². The highest BCUT2D eigenvalue weighted by molar-refractivity contribution is 7.71. The Morgan fingerprint density at radius 1 is 0.839 bits per heavy atom. The molecule has 0 spiro atoms. The molecule has 1 saturated carbocycles. The zero-order valence-corrected chi connectivity index (χ0v) is 19.6. The zero-order chi connectivity index (χ0) is 21.2. The summed E-state index contributed by atoms with van der Waals surface area (Å²) in [5.74, 6) is 1.41. The molecule has 4 heterocycles. The van der Waals surface area contributed by atoms with Gasteiger partial charge in [-0.3, -0.25) is 19.2 Å². The molecule has 1 amide bonds. The van der Waals surface area contributed by atoms with E-state index < -0.39 is 0 Å². The summed E-state index contributed by atoms with van der Waals surface area (Å²) >= 11 is 5.87. The lowest BCUT2D eigenvalue weighted by Gasteiger charge is -2.35. The first kappa shape index (κ1) is 21.4. The van der Waals surface area contributed by atoms with Gasteiger partial charge in [-0.1, -0.05) is 0 Å². The molecular weight excluding hydrogens is 410 g/mol. The first-order chi connectivity index (χ1) is 15.2. The van der Waals surface area contributed by atoms with Crippen molar-refractivity contribution in [2.45, 2.75) is 64.1 Å². The number of hydrogen-bond donors (Lipinski definition) is 0. The van der Waals surface area contributed by atoms with Crippen molar-refractivity contribution >= 4 is 24.1 Å². The molecule has 1 aromatic heterocycles. The number of aromatic nitrogens is 3. The number of likely N-dealkylation sites (tertiary alicyclic amines) is 1. The van der Waals surface area contributed by atoms with Crippen LogP contribution in [0.25, 0.3) is 0 Å². The highest BCUT2D eigenvalue weighted by Crippen LogP contribution is 2.38. The fraction of sp³-hybridized carbons (Fsp3) is 0.864. The molecule has 5 rings (SSSR count). The molecule has 172 valence electrons. The van der Waals surface area contributed by atoms with Gasteiger partial charge in [-0.05, 0) is 63.6 Å². The van der Waals surface area contributed by atoms with Crippen LogP contribution in [0.3, 0.4) is 0 Å². The third-order valence-corrected chi connectivity index (χ3v) is 7.68. The van der Waals surface area contributed by atoms with Crippen molar-refractivity contribution in [3.05, 3.63) is 4.77 Å². The maximum absolute atomic E-state index is 12.6. The lowest BCUT2D eigenvalue weighted by molar-refractivity contribution is -0.133. The van der Waals surface area contributed by atoms with Gasteiger partial charge >= 0.3 is 0 Å². The van der Waals surface area contributed by atoms with E-state index in [1.54, 1.807) is 0 Å². The second-order valence-electron chi connectivity index (χ2n) is 9.71. The average molecular weight is 448 g/mol. The molecule has 1 aromatic rings. The van der Waals surface area contributed by atoms with E-state index in [0.717, 1.165) is 82.6 Å². The molecule has 3 saturated heterocycles. The molecule has 4 aliphatic rings. The van der Waals surface area contributed by atoms with E-state index in [2.05, 4.69) is 24.2 Å². The summed E-state index contributed by atoms with van der Waals surface area (Å²) in [6, 6.07) is 0.552. The van der Waals surface area contributed by atoms with Crippen molar-refractivity contribution < 1.29 is 4.79 Å². The third kappa shape index (κ3) is 4.98. The van der Waals surface area contributed by atoms with Crippen LogP contribution in [0.15, 0.2) is 0 Å². The van der Waals surface area contributed by atoms with Crippen LogP contribution in [-0.2, 0) is 11.5 Å². The molecule has 0 N–H and O–H groups in total. The SMILES string of the molecule is O=C(CN1CCN(Cn2nc(N3CCCCC3)n(C3CC3)c2=S)CC1)N1CCCCC1. The highest BCUT2D eigenvalue weighted by Gasteiger charge is 2.31. The summed E-state index contributed by atoms with van der Waals surface area (Å²) in [5.41, 5.74) is 0. The topological polar surface area (TPSA) is 52.8 Å². The van der Waals surface area contributed by atoms with Crippen LogP contribution in [0, 0.1) is 4.77 Å². The second kappa shape index (κ2) is 9.58. The number of carbonyl (C=O) groups excluding carboxylic acids is 1. The van der Waals surface area contributed by atoms with Crippen molar-refractivity contribution in [2.75, 3.05) is 63.8 Å². The van der Waals surface area contributed by atoms with Crippen LogP contribution in [0.1, 0.15) is 57.4 Å². The van der Waals surface area contributed by atoms with E-state index in [1.807, 2.05) is 4.68 Å². The van der Waals surface area contributed by atoms with Gasteiger partial charge < -0.3 is 9.80 Å². The number of piperazine rings is 1. The molecule has 31 heavy (non-hydrogen) atoms. The summed E-state index contributed by atoms with van der Waals surface area (Å²) in [4.78, 5) is 21.8. The summed E-state index contributed by atoms with van der Waals surface area (Å²) in [6.07, 6.45) is 9.87. The Kier molecular flexibility index (Phi) is 6.62. The van der Waals surface area contributed by atoms with E-state index in [0.29, 0.717) is 18.5 Å². The number of anilines is 1. The van der Waals surface area contributed by atoms with E-state index in [4.69, 9.17) is 17.3 Å². The lowest BCUT2D eigenvalue weighted by Crippen LogP contribution is -2.50. The van der Waals surface area contributed by atoms with E-state index in [1.165, 1.54) is 38.5 Å². The van der Waals surface area contributed by atoms with Gasteiger partial charge in [0.1, 0.15) is 0 Å². The summed E-state index contributed by atoms with van der Waals surface area (Å²) in [7, 11) is 0. The van der Waals surface area contributed by atoms with E-state index in [-0.39, 0.29) is 0 Å². The molecule has 0 radical (unpaired) electrons. The number of amides is 1. The Morgan fingerprint density at radius 2 is 1.45 bits per heavy atom. The van der Waals surface area contributed by atoms with E-state index in [9.17, 15) is 4.79 Å². The van der Waals surface area contributed by atoms with Gasteiger partial charge in [0.05, 0.1) is 13.2 Å². The number of hydrogen-bond acceptors (Lipinski definition) is 6. The van der Waals surface area contributed by atoms with Crippen molar-refractivity contribution in [1.29, 1.82) is 0 Å². The van der Waals surface area contributed by atoms with Gasteiger partial charge in [0.25, 0.3) is 0 Å². The summed E-state index contributed by atoms with van der Waals surface area (Å²) < 4.78 is 5.26. The first-order valence-electron chi connectivity index (χ1n) is 12.4. The minimum Gasteiger partial charge on any atom is -0.342 e. The van der Waals surface area contributed by atoms with Crippen LogP contribution in [0.4, 0.5) is 5.95 Å². The maximum Gasteiger partial charge on any atom is 0.236 e. The molecule has 0 atom stereocenters. The zero-order valence-electron chi connectivity index (χ0n) is 18.8. The summed E-state index contributed by atoms with van der Waals surface area (Å²) in [6.45, 7) is 9.22. The number of nitrogens with zero attached hydrogens (tertiary/aromatic N) is 7. The lowest BCUT2D eigenvalue weighted by atomic mass is 10.1. The molecule has 0 unspecified atom stereocenters. The standard InChI is InChI=1S/C22H37N7OS/c30-20(26-9-3-1-4-10-26)17-24-13-15-25(16-14-24)18-28-22(31)29(19-7-8-19)21(23-28)27-11-5-2-6-12-27/h19H,1-18H2.